The Hall–Kier alpha value is -0.610. The molecule has 3 nitrogen and oxygen atoms in total. The van der Waals surface area contributed by atoms with Crippen molar-refractivity contribution in [3.05, 3.63) is 11.1 Å². The lowest BCUT2D eigenvalue weighted by Gasteiger charge is -2.18. The van der Waals surface area contributed by atoms with Gasteiger partial charge in [0.2, 0.25) is 0 Å². The summed E-state index contributed by atoms with van der Waals surface area (Å²) in [7, 11) is 1.72. The molecular weight excluding hydrogens is 184 g/mol. The summed E-state index contributed by atoms with van der Waals surface area (Å²) >= 11 is 1.67. The zero-order valence-electron chi connectivity index (χ0n) is 8.50. The monoisotopic (exact) mass is 200 g/mol. The number of nitrogens with zero attached hydrogens (tertiary/aromatic N) is 1. The Labute approximate surface area is 83.1 Å². The zero-order valence-corrected chi connectivity index (χ0v) is 9.31. The minimum atomic E-state index is 0.198. The van der Waals surface area contributed by atoms with Gasteiger partial charge in [0, 0.05) is 18.2 Å². The number of rotatable bonds is 4. The van der Waals surface area contributed by atoms with E-state index in [1.165, 1.54) is 4.88 Å². The van der Waals surface area contributed by atoms with Crippen LogP contribution in [-0.4, -0.2) is 24.2 Å². The standard InChI is InChI=1S/C9H16N2OS/c1-6-5-10-9(13-6)11-7(2)8(3)12-4/h5,7-8H,1-4H3,(H,10,11)/t7-,8?/m0/s1. The van der Waals surface area contributed by atoms with Gasteiger partial charge in [-0.15, -0.1) is 11.3 Å². The molecular formula is C9H16N2OS. The van der Waals surface area contributed by atoms with Gasteiger partial charge in [0.05, 0.1) is 12.1 Å². The molecule has 0 bridgehead atoms. The van der Waals surface area contributed by atoms with Gasteiger partial charge >= 0.3 is 0 Å². The van der Waals surface area contributed by atoms with E-state index in [9.17, 15) is 0 Å². The second kappa shape index (κ2) is 4.58. The number of anilines is 1. The Morgan fingerprint density at radius 3 is 2.69 bits per heavy atom. The van der Waals surface area contributed by atoms with Gasteiger partial charge in [0.25, 0.3) is 0 Å². The summed E-state index contributed by atoms with van der Waals surface area (Å²) in [4.78, 5) is 5.45. The van der Waals surface area contributed by atoms with E-state index in [0.29, 0.717) is 0 Å². The average molecular weight is 200 g/mol. The fraction of sp³-hybridized carbons (Fsp3) is 0.667. The van der Waals surface area contributed by atoms with Crippen LogP contribution in [0.4, 0.5) is 5.13 Å². The summed E-state index contributed by atoms with van der Waals surface area (Å²) in [6.45, 7) is 6.18. The van der Waals surface area contributed by atoms with Gasteiger partial charge in [-0.1, -0.05) is 0 Å². The van der Waals surface area contributed by atoms with Crippen molar-refractivity contribution in [1.29, 1.82) is 0 Å². The first-order valence-electron chi connectivity index (χ1n) is 4.35. The van der Waals surface area contributed by atoms with Crippen LogP contribution in [0.1, 0.15) is 18.7 Å². The minimum Gasteiger partial charge on any atom is -0.380 e. The zero-order chi connectivity index (χ0) is 9.84. The van der Waals surface area contributed by atoms with Crippen LogP contribution in [0.3, 0.4) is 0 Å². The summed E-state index contributed by atoms with van der Waals surface area (Å²) in [5, 5.41) is 4.26. The molecule has 0 aromatic carbocycles. The molecule has 0 radical (unpaired) electrons. The number of nitrogens with one attached hydrogen (secondary N) is 1. The van der Waals surface area contributed by atoms with Crippen LogP contribution < -0.4 is 5.32 Å². The third-order valence-electron chi connectivity index (χ3n) is 2.05. The van der Waals surface area contributed by atoms with Crippen molar-refractivity contribution in [2.24, 2.45) is 0 Å². The van der Waals surface area contributed by atoms with Crippen LogP contribution in [0.25, 0.3) is 0 Å². The first-order chi connectivity index (χ1) is 6.13. The summed E-state index contributed by atoms with van der Waals surface area (Å²) in [6.07, 6.45) is 2.07. The molecule has 0 saturated carbocycles. The average Bonchev–Trinajstić information content (AvgIpc) is 2.49. The van der Waals surface area contributed by atoms with E-state index in [-0.39, 0.29) is 12.1 Å². The molecule has 0 saturated heterocycles. The first kappa shape index (κ1) is 10.5. The molecule has 0 aliphatic carbocycles. The molecule has 0 fully saturated rings. The Morgan fingerprint density at radius 2 is 2.23 bits per heavy atom. The van der Waals surface area contributed by atoms with Crippen molar-refractivity contribution in [3.8, 4) is 0 Å². The number of hydrogen-bond acceptors (Lipinski definition) is 4. The molecule has 1 rings (SSSR count). The SMILES string of the molecule is COC(C)[C@H](C)Nc1ncc(C)s1. The topological polar surface area (TPSA) is 34.1 Å². The molecule has 1 N–H and O–H groups in total. The first-order valence-corrected chi connectivity index (χ1v) is 5.17. The van der Waals surface area contributed by atoms with E-state index in [2.05, 4.69) is 17.2 Å². The van der Waals surface area contributed by atoms with Gasteiger partial charge in [0.1, 0.15) is 0 Å². The Bertz CT molecular complexity index is 262. The summed E-state index contributed by atoms with van der Waals surface area (Å²) in [5.41, 5.74) is 0. The lowest BCUT2D eigenvalue weighted by atomic mass is 10.2. The van der Waals surface area contributed by atoms with Crippen LogP contribution in [0, 0.1) is 6.92 Å². The van der Waals surface area contributed by atoms with Crippen LogP contribution in [0.2, 0.25) is 0 Å². The van der Waals surface area contributed by atoms with Crippen molar-refractivity contribution in [2.45, 2.75) is 32.9 Å². The largest absolute Gasteiger partial charge is 0.380 e. The highest BCUT2D eigenvalue weighted by Gasteiger charge is 2.11. The highest BCUT2D eigenvalue weighted by Crippen LogP contribution is 2.18. The number of aromatic nitrogens is 1. The van der Waals surface area contributed by atoms with E-state index < -0.39 is 0 Å². The van der Waals surface area contributed by atoms with Gasteiger partial charge in [-0.3, -0.25) is 0 Å². The molecule has 1 aromatic heterocycles. The lowest BCUT2D eigenvalue weighted by Crippen LogP contribution is -2.29. The molecule has 1 unspecified atom stereocenters. The number of hydrogen-bond donors (Lipinski definition) is 1. The molecule has 1 heterocycles. The molecule has 4 heteroatoms. The van der Waals surface area contributed by atoms with Crippen molar-refractivity contribution in [3.63, 3.8) is 0 Å². The van der Waals surface area contributed by atoms with Gasteiger partial charge < -0.3 is 10.1 Å². The maximum absolute atomic E-state index is 5.21. The third kappa shape index (κ3) is 2.97. The van der Waals surface area contributed by atoms with Crippen molar-refractivity contribution >= 4 is 16.5 Å². The fourth-order valence-electron chi connectivity index (χ4n) is 0.938. The normalized spacial score (nSPS) is 15.4. The van der Waals surface area contributed by atoms with Crippen LogP contribution in [-0.2, 0) is 4.74 Å². The van der Waals surface area contributed by atoms with Gasteiger partial charge in [-0.05, 0) is 20.8 Å². The van der Waals surface area contributed by atoms with Gasteiger partial charge in [-0.25, -0.2) is 4.98 Å². The summed E-state index contributed by atoms with van der Waals surface area (Å²) in [6, 6.07) is 0.288. The van der Waals surface area contributed by atoms with E-state index >= 15 is 0 Å². The van der Waals surface area contributed by atoms with E-state index in [1.807, 2.05) is 20.0 Å². The predicted molar refractivity (Wildman–Crippen MR) is 56.4 cm³/mol. The molecule has 0 amide bonds. The predicted octanol–water partition coefficient (Wildman–Crippen LogP) is 2.29. The fourth-order valence-corrected chi connectivity index (χ4v) is 1.70. The number of thiazole rings is 1. The number of aryl methyl sites for hydroxylation is 1. The maximum atomic E-state index is 5.21. The van der Waals surface area contributed by atoms with Gasteiger partial charge in [0.15, 0.2) is 5.13 Å². The molecule has 0 aliphatic rings. The minimum absolute atomic E-state index is 0.198. The second-order valence-electron chi connectivity index (χ2n) is 3.15. The summed E-state index contributed by atoms with van der Waals surface area (Å²) in [5.74, 6) is 0. The highest BCUT2D eigenvalue weighted by atomic mass is 32.1. The van der Waals surface area contributed by atoms with E-state index in [0.717, 1.165) is 5.13 Å². The Morgan fingerprint density at radius 1 is 1.54 bits per heavy atom. The Kier molecular flexibility index (Phi) is 3.69. The number of methoxy groups -OCH3 is 1. The smallest absolute Gasteiger partial charge is 0.183 e. The Balaban J connectivity index is 2.49. The van der Waals surface area contributed by atoms with Gasteiger partial charge in [-0.2, -0.15) is 0 Å². The molecule has 0 spiro atoms. The van der Waals surface area contributed by atoms with Crippen molar-refractivity contribution in [2.75, 3.05) is 12.4 Å². The van der Waals surface area contributed by atoms with Crippen LogP contribution in [0.5, 0.6) is 0 Å². The number of ether oxygens (including phenoxy) is 1. The van der Waals surface area contributed by atoms with E-state index in [4.69, 9.17) is 4.74 Å². The maximum Gasteiger partial charge on any atom is 0.183 e. The van der Waals surface area contributed by atoms with Crippen LogP contribution in [0.15, 0.2) is 6.20 Å². The molecule has 2 atom stereocenters. The lowest BCUT2D eigenvalue weighted by molar-refractivity contribution is 0.106. The molecule has 1 aromatic rings. The second-order valence-corrected chi connectivity index (χ2v) is 4.38. The third-order valence-corrected chi connectivity index (χ3v) is 2.89. The molecule has 13 heavy (non-hydrogen) atoms. The van der Waals surface area contributed by atoms with Crippen LogP contribution >= 0.6 is 11.3 Å². The van der Waals surface area contributed by atoms with E-state index in [1.54, 1.807) is 18.4 Å². The quantitative estimate of drug-likeness (QED) is 0.809. The molecule has 74 valence electrons. The highest BCUT2D eigenvalue weighted by molar-refractivity contribution is 7.15. The van der Waals surface area contributed by atoms with Crippen molar-refractivity contribution < 1.29 is 4.74 Å². The van der Waals surface area contributed by atoms with Crippen molar-refractivity contribution in [1.82, 2.24) is 4.98 Å². The summed E-state index contributed by atoms with van der Waals surface area (Å²) < 4.78 is 5.21. The molecule has 0 aliphatic heterocycles.